The number of carboxylic acid groups (broad SMARTS) is 1. The van der Waals surface area contributed by atoms with Gasteiger partial charge in [-0.2, -0.15) is 0 Å². The summed E-state index contributed by atoms with van der Waals surface area (Å²) in [7, 11) is 0. The summed E-state index contributed by atoms with van der Waals surface area (Å²) in [6.07, 6.45) is 1.91. The number of rotatable bonds is 19. The summed E-state index contributed by atoms with van der Waals surface area (Å²) in [5, 5.41) is 20.3. The van der Waals surface area contributed by atoms with Gasteiger partial charge in [-0.05, 0) is 59.9 Å². The monoisotopic (exact) mass is 698 g/mol. The van der Waals surface area contributed by atoms with E-state index in [-0.39, 0.29) is 31.8 Å². The summed E-state index contributed by atoms with van der Waals surface area (Å²) in [5.74, 6) is -2.78. The van der Waals surface area contributed by atoms with E-state index in [1.807, 2.05) is 55.5 Å². The lowest BCUT2D eigenvalue weighted by Crippen LogP contribution is -2.56. The van der Waals surface area contributed by atoms with Gasteiger partial charge in [0.25, 0.3) is 0 Å². The highest BCUT2D eigenvalue weighted by molar-refractivity contribution is 5.93. The molecular weight excluding hydrogens is 652 g/mol. The van der Waals surface area contributed by atoms with Gasteiger partial charge in [-0.25, -0.2) is 14.4 Å². The minimum absolute atomic E-state index is 0.0106. The normalized spacial score (nSPS) is 13.4. The molecule has 12 heteroatoms. The number of amides is 4. The second-order valence-electron chi connectivity index (χ2n) is 12.3. The van der Waals surface area contributed by atoms with Crippen LogP contribution in [0.2, 0.25) is 0 Å². The van der Waals surface area contributed by atoms with E-state index in [1.54, 1.807) is 30.3 Å². The fourth-order valence-corrected chi connectivity index (χ4v) is 5.95. The van der Waals surface area contributed by atoms with Crippen molar-refractivity contribution in [3.05, 3.63) is 108 Å². The number of alkyl carbamates (subject to hydrolysis) is 2. The lowest BCUT2D eigenvalue weighted by Gasteiger charge is -2.24. The van der Waals surface area contributed by atoms with Crippen molar-refractivity contribution in [3.8, 4) is 11.1 Å². The van der Waals surface area contributed by atoms with E-state index in [2.05, 4.69) is 27.8 Å². The van der Waals surface area contributed by atoms with Crippen molar-refractivity contribution in [3.63, 3.8) is 0 Å². The number of ether oxygens (including phenoxy) is 2. The molecular formula is C39H46N4O8. The largest absolute Gasteiger partial charge is 0.480 e. The number of fused-ring (bicyclic) bond motifs is 3. The molecule has 0 radical (unpaired) electrons. The molecule has 12 nitrogen and oxygen atoms in total. The number of unbranched alkanes of at least 4 members (excludes halogenated alkanes) is 1. The van der Waals surface area contributed by atoms with Crippen molar-refractivity contribution in [2.45, 2.75) is 69.5 Å². The molecule has 4 rings (SSSR count). The van der Waals surface area contributed by atoms with Gasteiger partial charge in [0.05, 0.1) is 6.61 Å². The van der Waals surface area contributed by atoms with E-state index in [0.717, 1.165) is 27.8 Å². The average molecular weight is 699 g/mol. The Balaban J connectivity index is 1.41. The maximum absolute atomic E-state index is 13.7. The van der Waals surface area contributed by atoms with Gasteiger partial charge in [0, 0.05) is 18.9 Å². The molecule has 0 bridgehead atoms. The van der Waals surface area contributed by atoms with Gasteiger partial charge in [-0.15, -0.1) is 6.58 Å². The van der Waals surface area contributed by atoms with Gasteiger partial charge in [-0.1, -0.05) is 91.9 Å². The van der Waals surface area contributed by atoms with Crippen LogP contribution in [0.25, 0.3) is 11.1 Å². The SMILES string of the molecule is C=CC[C@@H](NC(=O)[C@H](CCCCNC(=O)OCCC)NC(=O)OCC1c2ccccc2-c2ccccc21)C(=O)N[C@H](Cc1ccccc1)C(=O)O. The number of carboxylic acids is 1. The maximum Gasteiger partial charge on any atom is 0.407 e. The Labute approximate surface area is 298 Å². The smallest absolute Gasteiger partial charge is 0.407 e. The number of benzene rings is 3. The van der Waals surface area contributed by atoms with E-state index in [9.17, 15) is 29.1 Å². The lowest BCUT2D eigenvalue weighted by molar-refractivity contribution is -0.142. The number of hydrogen-bond acceptors (Lipinski definition) is 7. The molecule has 0 saturated carbocycles. The van der Waals surface area contributed by atoms with Crippen LogP contribution in [0.1, 0.15) is 61.6 Å². The zero-order chi connectivity index (χ0) is 36.6. The zero-order valence-corrected chi connectivity index (χ0v) is 28.8. The van der Waals surface area contributed by atoms with Gasteiger partial charge in [0.1, 0.15) is 24.7 Å². The lowest BCUT2D eigenvalue weighted by atomic mass is 9.98. The second kappa shape index (κ2) is 19.5. The van der Waals surface area contributed by atoms with Crippen molar-refractivity contribution in [2.24, 2.45) is 0 Å². The molecule has 0 aliphatic heterocycles. The average Bonchev–Trinajstić information content (AvgIpc) is 3.45. The summed E-state index contributed by atoms with van der Waals surface area (Å²) >= 11 is 0. The summed E-state index contributed by atoms with van der Waals surface area (Å²) in [6.45, 7) is 6.20. The summed E-state index contributed by atoms with van der Waals surface area (Å²) in [6, 6.07) is 21.2. The fraction of sp³-hybridized carbons (Fsp3) is 0.359. The summed E-state index contributed by atoms with van der Waals surface area (Å²) < 4.78 is 10.7. The predicted octanol–water partition coefficient (Wildman–Crippen LogP) is 5.07. The molecule has 0 fully saturated rings. The minimum Gasteiger partial charge on any atom is -0.480 e. The molecule has 270 valence electrons. The molecule has 3 atom stereocenters. The molecule has 3 aromatic rings. The Morgan fingerprint density at radius 2 is 1.37 bits per heavy atom. The first kappa shape index (κ1) is 38.2. The van der Waals surface area contributed by atoms with Crippen LogP contribution in [0.4, 0.5) is 9.59 Å². The zero-order valence-electron chi connectivity index (χ0n) is 28.8. The molecule has 4 amide bonds. The van der Waals surface area contributed by atoms with Crippen LogP contribution in [-0.4, -0.2) is 73.0 Å². The number of hydrogen-bond donors (Lipinski definition) is 5. The quantitative estimate of drug-likeness (QED) is 0.0853. The van der Waals surface area contributed by atoms with Gasteiger partial charge < -0.3 is 35.8 Å². The first-order valence-corrected chi connectivity index (χ1v) is 17.2. The Bertz CT molecular complexity index is 1620. The Hall–Kier alpha value is -5.65. The van der Waals surface area contributed by atoms with E-state index < -0.39 is 48.1 Å². The predicted molar refractivity (Wildman–Crippen MR) is 192 cm³/mol. The number of aliphatic carboxylic acids is 1. The van der Waals surface area contributed by atoms with Crippen LogP contribution >= 0.6 is 0 Å². The van der Waals surface area contributed by atoms with E-state index in [0.29, 0.717) is 32.4 Å². The molecule has 5 N–H and O–H groups in total. The molecule has 3 aromatic carbocycles. The van der Waals surface area contributed by atoms with Crippen LogP contribution < -0.4 is 21.3 Å². The number of carbonyl (C=O) groups excluding carboxylic acids is 4. The third-order valence-corrected chi connectivity index (χ3v) is 8.51. The minimum atomic E-state index is -1.24. The Kier molecular flexibility index (Phi) is 14.6. The van der Waals surface area contributed by atoms with Gasteiger partial charge >= 0.3 is 18.2 Å². The van der Waals surface area contributed by atoms with E-state index in [1.165, 1.54) is 6.08 Å². The molecule has 1 aliphatic carbocycles. The highest BCUT2D eigenvalue weighted by Crippen LogP contribution is 2.44. The fourth-order valence-electron chi connectivity index (χ4n) is 5.95. The van der Waals surface area contributed by atoms with E-state index in [4.69, 9.17) is 9.47 Å². The van der Waals surface area contributed by atoms with Crippen molar-refractivity contribution < 1.29 is 38.6 Å². The topological polar surface area (TPSA) is 172 Å². The van der Waals surface area contributed by atoms with Crippen molar-refractivity contribution in [1.29, 1.82) is 0 Å². The van der Waals surface area contributed by atoms with Crippen LogP contribution in [0.15, 0.2) is 91.5 Å². The molecule has 0 unspecified atom stereocenters. The van der Waals surface area contributed by atoms with Crippen LogP contribution in [0, 0.1) is 0 Å². The number of nitrogens with one attached hydrogen (secondary N) is 4. The van der Waals surface area contributed by atoms with Crippen molar-refractivity contribution in [2.75, 3.05) is 19.8 Å². The maximum atomic E-state index is 13.7. The third kappa shape index (κ3) is 11.2. The standard InChI is InChI=1S/C39H46N4O8/c1-3-14-32(35(44)42-34(37(46)47)24-26-15-6-5-7-16-26)41-36(45)33(21-12-13-22-40-38(48)50-23-4-2)43-39(49)51-25-31-29-19-10-8-17-27(29)28-18-9-11-20-30(28)31/h3,5-11,15-20,31-34H,1,4,12-14,21-25H2,2H3,(H,40,48)(H,41,45)(H,42,44)(H,43,49)(H,46,47)/t32-,33+,34-/m1/s1. The summed E-state index contributed by atoms with van der Waals surface area (Å²) in [5.41, 5.74) is 4.95. The molecule has 0 heterocycles. The van der Waals surface area contributed by atoms with E-state index >= 15 is 0 Å². The molecule has 0 aromatic heterocycles. The molecule has 0 saturated heterocycles. The van der Waals surface area contributed by atoms with Gasteiger partial charge in [-0.3, -0.25) is 9.59 Å². The first-order chi connectivity index (χ1) is 24.7. The Morgan fingerprint density at radius 3 is 2.00 bits per heavy atom. The second-order valence-corrected chi connectivity index (χ2v) is 12.3. The first-order valence-electron chi connectivity index (χ1n) is 17.2. The van der Waals surface area contributed by atoms with Crippen LogP contribution in [0.5, 0.6) is 0 Å². The summed E-state index contributed by atoms with van der Waals surface area (Å²) in [4.78, 5) is 64.0. The highest BCUT2D eigenvalue weighted by atomic mass is 16.6. The number of carbonyl (C=O) groups is 5. The van der Waals surface area contributed by atoms with Crippen LogP contribution in [0.3, 0.4) is 0 Å². The van der Waals surface area contributed by atoms with Gasteiger partial charge in [0.2, 0.25) is 11.8 Å². The van der Waals surface area contributed by atoms with Crippen molar-refractivity contribution >= 4 is 30.0 Å². The third-order valence-electron chi connectivity index (χ3n) is 8.51. The molecule has 51 heavy (non-hydrogen) atoms. The van der Waals surface area contributed by atoms with Crippen LogP contribution in [-0.2, 0) is 30.3 Å². The van der Waals surface area contributed by atoms with Gasteiger partial charge in [0.15, 0.2) is 0 Å². The Morgan fingerprint density at radius 1 is 0.765 bits per heavy atom. The highest BCUT2D eigenvalue weighted by Gasteiger charge is 2.31. The van der Waals surface area contributed by atoms with Crippen molar-refractivity contribution in [1.82, 2.24) is 21.3 Å². The molecule has 1 aliphatic rings. The molecule has 0 spiro atoms.